The number of hydrogen-bond acceptors (Lipinski definition) is 4. The predicted octanol–water partition coefficient (Wildman–Crippen LogP) is 4.41. The molecular formula is C19H25ClN4OS. The van der Waals surface area contributed by atoms with Gasteiger partial charge in [0.1, 0.15) is 0 Å². The Morgan fingerprint density at radius 2 is 2.12 bits per heavy atom. The smallest absolute Gasteiger partial charge is 0.230 e. The van der Waals surface area contributed by atoms with Crippen molar-refractivity contribution in [1.29, 1.82) is 0 Å². The van der Waals surface area contributed by atoms with E-state index in [2.05, 4.69) is 15.5 Å². The minimum atomic E-state index is 0.0653. The quantitative estimate of drug-likeness (QED) is 0.709. The lowest BCUT2D eigenvalue weighted by Gasteiger charge is -2.21. The Labute approximate surface area is 163 Å². The van der Waals surface area contributed by atoms with Crippen molar-refractivity contribution in [2.24, 2.45) is 5.92 Å². The van der Waals surface area contributed by atoms with Crippen molar-refractivity contribution in [2.45, 2.75) is 50.7 Å². The van der Waals surface area contributed by atoms with Gasteiger partial charge < -0.3 is 9.88 Å². The molecule has 1 aliphatic rings. The second-order valence-electron chi connectivity index (χ2n) is 6.66. The van der Waals surface area contributed by atoms with Crippen LogP contribution in [-0.2, 0) is 11.3 Å². The van der Waals surface area contributed by atoms with Crippen LogP contribution in [0.1, 0.15) is 39.0 Å². The number of carbonyl (C=O) groups excluding carboxylic acids is 1. The van der Waals surface area contributed by atoms with Crippen LogP contribution in [0.25, 0.3) is 11.4 Å². The molecule has 5 nitrogen and oxygen atoms in total. The molecule has 1 aromatic heterocycles. The molecule has 0 saturated heterocycles. The summed E-state index contributed by atoms with van der Waals surface area (Å²) in [6, 6.07) is 7.58. The highest BCUT2D eigenvalue weighted by molar-refractivity contribution is 7.99. The summed E-state index contributed by atoms with van der Waals surface area (Å²) < 4.78 is 2.02. The summed E-state index contributed by atoms with van der Waals surface area (Å²) in [6.07, 6.45) is 6.39. The second-order valence-corrected chi connectivity index (χ2v) is 8.04. The van der Waals surface area contributed by atoms with Crippen LogP contribution in [-0.4, -0.2) is 33.0 Å². The normalized spacial score (nSPS) is 15.2. The molecule has 1 N–H and O–H groups in total. The summed E-state index contributed by atoms with van der Waals surface area (Å²) in [5.41, 5.74) is 0.931. The summed E-state index contributed by atoms with van der Waals surface area (Å²) in [4.78, 5) is 12.2. The molecule has 1 heterocycles. The van der Waals surface area contributed by atoms with E-state index in [1.165, 1.54) is 43.9 Å². The van der Waals surface area contributed by atoms with E-state index < -0.39 is 0 Å². The third kappa shape index (κ3) is 5.01. The number of carbonyl (C=O) groups is 1. The van der Waals surface area contributed by atoms with Crippen molar-refractivity contribution in [2.75, 3.05) is 12.3 Å². The first-order chi connectivity index (χ1) is 12.7. The molecule has 1 aliphatic carbocycles. The minimum Gasteiger partial charge on any atom is -0.355 e. The van der Waals surface area contributed by atoms with Gasteiger partial charge in [0, 0.05) is 23.7 Å². The molecule has 0 atom stereocenters. The largest absolute Gasteiger partial charge is 0.355 e. The molecule has 26 heavy (non-hydrogen) atoms. The molecule has 0 aliphatic heterocycles. The van der Waals surface area contributed by atoms with Gasteiger partial charge in [-0.1, -0.05) is 54.8 Å². The zero-order valence-electron chi connectivity index (χ0n) is 15.1. The minimum absolute atomic E-state index is 0.0653. The van der Waals surface area contributed by atoms with Gasteiger partial charge in [-0.25, -0.2) is 0 Å². The van der Waals surface area contributed by atoms with Gasteiger partial charge in [-0.15, -0.1) is 10.2 Å². The first-order valence-electron chi connectivity index (χ1n) is 9.26. The number of rotatable bonds is 7. The van der Waals surface area contributed by atoms with Crippen LogP contribution >= 0.6 is 23.4 Å². The van der Waals surface area contributed by atoms with Crippen LogP contribution in [0.3, 0.4) is 0 Å². The van der Waals surface area contributed by atoms with E-state index in [0.29, 0.717) is 16.7 Å². The van der Waals surface area contributed by atoms with Gasteiger partial charge in [-0.2, -0.15) is 0 Å². The Kier molecular flexibility index (Phi) is 6.97. The van der Waals surface area contributed by atoms with Gasteiger partial charge in [0.25, 0.3) is 0 Å². The van der Waals surface area contributed by atoms with E-state index in [9.17, 15) is 4.79 Å². The molecule has 1 fully saturated rings. The van der Waals surface area contributed by atoms with Crippen LogP contribution in [0, 0.1) is 5.92 Å². The van der Waals surface area contributed by atoms with Crippen LogP contribution in [0.5, 0.6) is 0 Å². The average molecular weight is 393 g/mol. The zero-order chi connectivity index (χ0) is 18.4. The Bertz CT molecular complexity index is 743. The standard InChI is InChI=1S/C19H25ClN4OS/c1-2-24-18(15-9-6-10-16(20)11-15)22-23-19(24)26-13-17(25)21-12-14-7-4-3-5-8-14/h6,9-11,14H,2-5,7-8,12-13H2,1H3,(H,21,25). The summed E-state index contributed by atoms with van der Waals surface area (Å²) in [5, 5.41) is 13.1. The monoisotopic (exact) mass is 392 g/mol. The molecule has 1 amide bonds. The molecule has 0 spiro atoms. The number of halogens is 1. The lowest BCUT2D eigenvalue weighted by Crippen LogP contribution is -2.31. The van der Waals surface area contributed by atoms with Gasteiger partial charge in [-0.3, -0.25) is 4.79 Å². The van der Waals surface area contributed by atoms with E-state index >= 15 is 0 Å². The highest BCUT2D eigenvalue weighted by Crippen LogP contribution is 2.26. The number of aromatic nitrogens is 3. The van der Waals surface area contributed by atoms with Gasteiger partial charge >= 0.3 is 0 Å². The summed E-state index contributed by atoms with van der Waals surface area (Å²) in [5.74, 6) is 1.85. The predicted molar refractivity (Wildman–Crippen MR) is 106 cm³/mol. The molecule has 0 bridgehead atoms. The van der Waals surface area contributed by atoms with E-state index in [-0.39, 0.29) is 5.91 Å². The molecule has 0 unspecified atom stereocenters. The Morgan fingerprint density at radius 3 is 2.85 bits per heavy atom. The number of nitrogens with one attached hydrogen (secondary N) is 1. The van der Waals surface area contributed by atoms with Crippen molar-refractivity contribution >= 4 is 29.3 Å². The van der Waals surface area contributed by atoms with E-state index in [0.717, 1.165) is 29.6 Å². The molecule has 7 heteroatoms. The number of nitrogens with zero attached hydrogens (tertiary/aromatic N) is 3. The van der Waals surface area contributed by atoms with Gasteiger partial charge in [0.15, 0.2) is 11.0 Å². The molecule has 140 valence electrons. The zero-order valence-corrected chi connectivity index (χ0v) is 16.7. The first-order valence-corrected chi connectivity index (χ1v) is 10.6. The van der Waals surface area contributed by atoms with Crippen molar-refractivity contribution in [3.8, 4) is 11.4 Å². The van der Waals surface area contributed by atoms with Gasteiger partial charge in [0.2, 0.25) is 5.91 Å². The van der Waals surface area contributed by atoms with Crippen LogP contribution < -0.4 is 5.32 Å². The fourth-order valence-corrected chi connectivity index (χ4v) is 4.37. The van der Waals surface area contributed by atoms with Crippen molar-refractivity contribution in [3.05, 3.63) is 29.3 Å². The van der Waals surface area contributed by atoms with Gasteiger partial charge in [0.05, 0.1) is 5.75 Å². The third-order valence-electron chi connectivity index (χ3n) is 4.76. The summed E-state index contributed by atoms with van der Waals surface area (Å²) in [6.45, 7) is 3.58. The number of thioether (sulfide) groups is 1. The van der Waals surface area contributed by atoms with Crippen molar-refractivity contribution < 1.29 is 4.79 Å². The van der Waals surface area contributed by atoms with Crippen LogP contribution in [0.2, 0.25) is 5.02 Å². The number of hydrogen-bond donors (Lipinski definition) is 1. The molecule has 1 saturated carbocycles. The Balaban J connectivity index is 1.57. The maximum Gasteiger partial charge on any atom is 0.230 e. The summed E-state index contributed by atoms with van der Waals surface area (Å²) in [7, 11) is 0. The highest BCUT2D eigenvalue weighted by atomic mass is 35.5. The first kappa shape index (κ1) is 19.2. The lowest BCUT2D eigenvalue weighted by molar-refractivity contribution is -0.118. The molecule has 2 aromatic rings. The Hall–Kier alpha value is -1.53. The topological polar surface area (TPSA) is 59.8 Å². The lowest BCUT2D eigenvalue weighted by atomic mass is 9.89. The molecule has 3 rings (SSSR count). The van der Waals surface area contributed by atoms with E-state index in [4.69, 9.17) is 11.6 Å². The van der Waals surface area contributed by atoms with E-state index in [1.54, 1.807) is 0 Å². The highest BCUT2D eigenvalue weighted by Gasteiger charge is 2.17. The average Bonchev–Trinajstić information content (AvgIpc) is 3.08. The maximum absolute atomic E-state index is 12.2. The summed E-state index contributed by atoms with van der Waals surface area (Å²) >= 11 is 7.51. The van der Waals surface area contributed by atoms with Crippen molar-refractivity contribution in [1.82, 2.24) is 20.1 Å². The fraction of sp³-hybridized carbons (Fsp3) is 0.526. The van der Waals surface area contributed by atoms with Gasteiger partial charge in [-0.05, 0) is 37.8 Å². The fourth-order valence-electron chi connectivity index (χ4n) is 3.35. The third-order valence-corrected chi connectivity index (χ3v) is 5.96. The SMILES string of the molecule is CCn1c(SCC(=O)NCC2CCCCC2)nnc1-c1cccc(Cl)c1. The van der Waals surface area contributed by atoms with Crippen LogP contribution in [0.15, 0.2) is 29.4 Å². The molecule has 1 aromatic carbocycles. The number of benzene rings is 1. The van der Waals surface area contributed by atoms with Crippen LogP contribution in [0.4, 0.5) is 0 Å². The van der Waals surface area contributed by atoms with Crippen molar-refractivity contribution in [3.63, 3.8) is 0 Å². The number of amides is 1. The molecule has 0 radical (unpaired) electrons. The second kappa shape index (κ2) is 9.42. The van der Waals surface area contributed by atoms with E-state index in [1.807, 2.05) is 35.8 Å². The Morgan fingerprint density at radius 1 is 1.31 bits per heavy atom. The molecular weight excluding hydrogens is 368 g/mol. The maximum atomic E-state index is 12.2.